The Balaban J connectivity index is 2.13. The number of pyridine rings is 1. The summed E-state index contributed by atoms with van der Waals surface area (Å²) in [5.74, 6) is -0.247. The third-order valence-electron chi connectivity index (χ3n) is 2.53. The Morgan fingerprint density at radius 1 is 1.12 bits per heavy atom. The number of nitrogens with zero attached hydrogens (tertiary/aromatic N) is 1. The number of benzene rings is 1. The molecule has 3 N–H and O–H groups in total. The van der Waals surface area contributed by atoms with E-state index < -0.39 is 0 Å². The van der Waals surface area contributed by atoms with Crippen molar-refractivity contribution in [2.24, 2.45) is 5.73 Å². The minimum atomic E-state index is -0.247. The highest BCUT2D eigenvalue weighted by molar-refractivity contribution is 5.45. The topological polar surface area (TPSA) is 50.9 Å². The predicted molar refractivity (Wildman–Crippen MR) is 66.1 cm³/mol. The minimum absolute atomic E-state index is 0.00320. The first-order valence-corrected chi connectivity index (χ1v) is 5.41. The molecule has 4 heteroatoms. The van der Waals surface area contributed by atoms with Crippen molar-refractivity contribution < 1.29 is 4.39 Å². The number of nitrogens with one attached hydrogen (secondary N) is 1. The largest absolute Gasteiger partial charge is 0.377 e. The van der Waals surface area contributed by atoms with Crippen molar-refractivity contribution in [2.45, 2.75) is 6.04 Å². The van der Waals surface area contributed by atoms with Crippen LogP contribution in [0.15, 0.2) is 48.8 Å². The molecule has 0 spiro atoms. The van der Waals surface area contributed by atoms with E-state index in [4.69, 9.17) is 5.73 Å². The van der Waals surface area contributed by atoms with Gasteiger partial charge in [-0.2, -0.15) is 0 Å². The van der Waals surface area contributed by atoms with Gasteiger partial charge in [0.15, 0.2) is 0 Å². The lowest BCUT2D eigenvalue weighted by Crippen LogP contribution is -2.20. The number of nitrogens with two attached hydrogens (primary N) is 1. The first kappa shape index (κ1) is 11.5. The van der Waals surface area contributed by atoms with Crippen molar-refractivity contribution in [3.8, 4) is 0 Å². The Labute approximate surface area is 99.5 Å². The first-order chi connectivity index (χ1) is 8.29. The van der Waals surface area contributed by atoms with Crippen LogP contribution in [0.2, 0.25) is 0 Å². The highest BCUT2D eigenvalue weighted by atomic mass is 19.1. The molecule has 0 aliphatic heterocycles. The van der Waals surface area contributed by atoms with E-state index in [0.29, 0.717) is 6.54 Å². The third-order valence-corrected chi connectivity index (χ3v) is 2.53. The maximum absolute atomic E-state index is 12.8. The van der Waals surface area contributed by atoms with Gasteiger partial charge in [-0.15, -0.1) is 0 Å². The summed E-state index contributed by atoms with van der Waals surface area (Å²) in [4.78, 5) is 3.96. The van der Waals surface area contributed by atoms with Crippen LogP contribution in [0.25, 0.3) is 0 Å². The smallest absolute Gasteiger partial charge is 0.123 e. The van der Waals surface area contributed by atoms with E-state index in [1.807, 2.05) is 12.1 Å². The number of hydrogen-bond donors (Lipinski definition) is 2. The van der Waals surface area contributed by atoms with E-state index in [9.17, 15) is 4.39 Å². The molecular formula is C13H14FN3. The van der Waals surface area contributed by atoms with Gasteiger partial charge < -0.3 is 11.1 Å². The summed E-state index contributed by atoms with van der Waals surface area (Å²) in [6.07, 6.45) is 3.45. The second-order valence-corrected chi connectivity index (χ2v) is 3.72. The molecule has 1 aromatic carbocycles. The third kappa shape index (κ3) is 3.01. The van der Waals surface area contributed by atoms with Gasteiger partial charge >= 0.3 is 0 Å². The number of anilines is 1. The molecule has 17 heavy (non-hydrogen) atoms. The Bertz CT molecular complexity index is 456. The molecule has 88 valence electrons. The molecule has 1 aromatic heterocycles. The zero-order valence-electron chi connectivity index (χ0n) is 9.31. The maximum Gasteiger partial charge on any atom is 0.123 e. The average molecular weight is 231 g/mol. The number of aromatic nitrogens is 1. The van der Waals surface area contributed by atoms with Gasteiger partial charge in [0.1, 0.15) is 5.82 Å². The van der Waals surface area contributed by atoms with E-state index in [-0.39, 0.29) is 11.9 Å². The highest BCUT2D eigenvalue weighted by Crippen LogP contribution is 2.18. The van der Waals surface area contributed by atoms with Crippen molar-refractivity contribution in [1.82, 2.24) is 4.98 Å². The van der Waals surface area contributed by atoms with Crippen LogP contribution in [0.4, 0.5) is 10.1 Å². The van der Waals surface area contributed by atoms with Crippen LogP contribution in [-0.2, 0) is 0 Å². The van der Waals surface area contributed by atoms with E-state index in [0.717, 1.165) is 11.3 Å². The van der Waals surface area contributed by atoms with Crippen LogP contribution in [-0.4, -0.2) is 11.5 Å². The van der Waals surface area contributed by atoms with Crippen molar-refractivity contribution >= 4 is 5.69 Å². The molecule has 0 saturated heterocycles. The molecular weight excluding hydrogens is 217 g/mol. The van der Waals surface area contributed by atoms with Crippen LogP contribution < -0.4 is 11.1 Å². The van der Waals surface area contributed by atoms with Gasteiger partial charge in [0.25, 0.3) is 0 Å². The van der Waals surface area contributed by atoms with E-state index in [1.165, 1.54) is 12.1 Å². The maximum atomic E-state index is 12.8. The second kappa shape index (κ2) is 5.41. The molecule has 0 aliphatic rings. The summed E-state index contributed by atoms with van der Waals surface area (Å²) >= 11 is 0. The van der Waals surface area contributed by atoms with Crippen molar-refractivity contribution in [3.05, 3.63) is 60.2 Å². The summed E-state index contributed by atoms with van der Waals surface area (Å²) in [6, 6.07) is 10.1. The molecule has 0 fully saturated rings. The summed E-state index contributed by atoms with van der Waals surface area (Å²) in [5.41, 5.74) is 7.63. The quantitative estimate of drug-likeness (QED) is 0.849. The highest BCUT2D eigenvalue weighted by Gasteiger charge is 2.08. The summed E-state index contributed by atoms with van der Waals surface area (Å²) in [7, 11) is 0. The Kier molecular flexibility index (Phi) is 3.67. The molecule has 0 radical (unpaired) electrons. The fourth-order valence-corrected chi connectivity index (χ4v) is 1.62. The first-order valence-electron chi connectivity index (χ1n) is 5.41. The standard InChI is InChI=1S/C13H14FN3/c14-11-1-3-12(4-2-11)17-13(9-15)10-5-7-16-8-6-10/h1-8,13,17H,9,15H2. The molecule has 2 aromatic rings. The van der Waals surface area contributed by atoms with E-state index in [1.54, 1.807) is 24.5 Å². The van der Waals surface area contributed by atoms with Crippen LogP contribution >= 0.6 is 0 Å². The fraction of sp³-hybridized carbons (Fsp3) is 0.154. The molecule has 0 aliphatic carbocycles. The van der Waals surface area contributed by atoms with Crippen molar-refractivity contribution in [3.63, 3.8) is 0 Å². The SMILES string of the molecule is NCC(Nc1ccc(F)cc1)c1ccncc1. The van der Waals surface area contributed by atoms with Gasteiger partial charge in [-0.25, -0.2) is 4.39 Å². The van der Waals surface area contributed by atoms with Crippen molar-refractivity contribution in [2.75, 3.05) is 11.9 Å². The molecule has 1 atom stereocenters. The van der Waals surface area contributed by atoms with Crippen LogP contribution in [0.1, 0.15) is 11.6 Å². The lowest BCUT2D eigenvalue weighted by Gasteiger charge is -2.18. The fourth-order valence-electron chi connectivity index (χ4n) is 1.62. The lowest BCUT2D eigenvalue weighted by molar-refractivity contribution is 0.628. The molecule has 2 rings (SSSR count). The van der Waals surface area contributed by atoms with Crippen molar-refractivity contribution in [1.29, 1.82) is 0 Å². The number of hydrogen-bond acceptors (Lipinski definition) is 3. The van der Waals surface area contributed by atoms with Crippen LogP contribution in [0.3, 0.4) is 0 Å². The Morgan fingerprint density at radius 3 is 2.35 bits per heavy atom. The van der Waals surface area contributed by atoms with Crippen LogP contribution in [0, 0.1) is 5.82 Å². The van der Waals surface area contributed by atoms with E-state index >= 15 is 0 Å². The molecule has 3 nitrogen and oxygen atoms in total. The molecule has 1 heterocycles. The molecule has 1 unspecified atom stereocenters. The van der Waals surface area contributed by atoms with Gasteiger partial charge in [-0.1, -0.05) is 0 Å². The summed E-state index contributed by atoms with van der Waals surface area (Å²) < 4.78 is 12.8. The normalized spacial score (nSPS) is 12.1. The number of rotatable bonds is 4. The Hall–Kier alpha value is -1.94. The molecule has 0 amide bonds. The average Bonchev–Trinajstić information content (AvgIpc) is 2.39. The molecule has 0 saturated carbocycles. The second-order valence-electron chi connectivity index (χ2n) is 3.72. The molecule has 0 bridgehead atoms. The van der Waals surface area contributed by atoms with Gasteiger partial charge in [0.05, 0.1) is 6.04 Å². The number of halogens is 1. The van der Waals surface area contributed by atoms with Crippen LogP contribution in [0.5, 0.6) is 0 Å². The van der Waals surface area contributed by atoms with Gasteiger partial charge in [-0.3, -0.25) is 4.98 Å². The monoisotopic (exact) mass is 231 g/mol. The zero-order valence-corrected chi connectivity index (χ0v) is 9.31. The van der Waals surface area contributed by atoms with Gasteiger partial charge in [-0.05, 0) is 42.0 Å². The van der Waals surface area contributed by atoms with E-state index in [2.05, 4.69) is 10.3 Å². The minimum Gasteiger partial charge on any atom is -0.377 e. The zero-order chi connectivity index (χ0) is 12.1. The van der Waals surface area contributed by atoms with Gasteiger partial charge in [0.2, 0.25) is 0 Å². The summed E-state index contributed by atoms with van der Waals surface area (Å²) in [6.45, 7) is 0.460. The lowest BCUT2D eigenvalue weighted by atomic mass is 10.1. The predicted octanol–water partition coefficient (Wildman–Crippen LogP) is 2.33. The summed E-state index contributed by atoms with van der Waals surface area (Å²) in [5, 5.41) is 3.25. The Morgan fingerprint density at radius 2 is 1.76 bits per heavy atom. The van der Waals surface area contributed by atoms with Gasteiger partial charge in [0, 0.05) is 24.6 Å².